The quantitative estimate of drug-likeness (QED) is 0.627. The first-order chi connectivity index (χ1) is 7.52. The van der Waals surface area contributed by atoms with Crippen LogP contribution in [0.3, 0.4) is 0 Å². The largest absolute Gasteiger partial charge is 0.481 e. The average Bonchev–Trinajstić information content (AvgIpc) is 2.21. The van der Waals surface area contributed by atoms with Crippen LogP contribution in [0.2, 0.25) is 5.28 Å². The zero-order chi connectivity index (χ0) is 12.1. The molecular weight excluding hydrogens is 344 g/mol. The minimum absolute atomic E-state index is 0.0498. The van der Waals surface area contributed by atoms with E-state index in [1.807, 2.05) is 6.92 Å². The first kappa shape index (κ1) is 13.4. The van der Waals surface area contributed by atoms with Crippen molar-refractivity contribution in [2.24, 2.45) is 0 Å². The summed E-state index contributed by atoms with van der Waals surface area (Å²) < 4.78 is 0.811. The molecular formula is C9H11ClIN3O2. The summed E-state index contributed by atoms with van der Waals surface area (Å²) in [5, 5.41) is 11.9. The Bertz CT molecular complexity index is 389. The lowest BCUT2D eigenvalue weighted by Gasteiger charge is -2.16. The van der Waals surface area contributed by atoms with Gasteiger partial charge in [-0.2, -0.15) is 4.98 Å². The number of carbonyl (C=O) groups is 1. The molecule has 1 rings (SSSR count). The molecule has 1 aromatic rings. The van der Waals surface area contributed by atoms with Gasteiger partial charge in [-0.05, 0) is 40.6 Å². The third-order valence-corrected chi connectivity index (χ3v) is 2.94. The van der Waals surface area contributed by atoms with E-state index >= 15 is 0 Å². The molecule has 88 valence electrons. The van der Waals surface area contributed by atoms with Crippen molar-refractivity contribution in [1.82, 2.24) is 9.97 Å². The Hall–Kier alpha value is -0.630. The van der Waals surface area contributed by atoms with Gasteiger partial charge in [0.1, 0.15) is 5.82 Å². The second-order valence-electron chi connectivity index (χ2n) is 3.18. The molecule has 1 atom stereocenters. The molecule has 0 aliphatic rings. The van der Waals surface area contributed by atoms with Gasteiger partial charge in [0.05, 0.1) is 9.99 Å². The molecule has 5 nitrogen and oxygen atoms in total. The molecule has 0 amide bonds. The number of aliphatic carboxylic acids is 1. The Balaban J connectivity index is 2.77. The van der Waals surface area contributed by atoms with E-state index < -0.39 is 5.97 Å². The highest BCUT2D eigenvalue weighted by molar-refractivity contribution is 14.1. The van der Waals surface area contributed by atoms with E-state index in [-0.39, 0.29) is 17.7 Å². The zero-order valence-electron chi connectivity index (χ0n) is 8.57. The predicted octanol–water partition coefficient (Wildman–Crippen LogP) is 2.40. The van der Waals surface area contributed by atoms with Gasteiger partial charge in [-0.3, -0.25) is 4.79 Å². The highest BCUT2D eigenvalue weighted by atomic mass is 127. The van der Waals surface area contributed by atoms with Gasteiger partial charge in [-0.1, -0.05) is 6.92 Å². The second kappa shape index (κ2) is 6.19. The summed E-state index contributed by atoms with van der Waals surface area (Å²) >= 11 is 7.73. The van der Waals surface area contributed by atoms with Gasteiger partial charge < -0.3 is 10.4 Å². The van der Waals surface area contributed by atoms with Crippen LogP contribution in [0, 0.1) is 3.57 Å². The van der Waals surface area contributed by atoms with Gasteiger partial charge in [0.25, 0.3) is 0 Å². The Kier molecular flexibility index (Phi) is 5.20. The van der Waals surface area contributed by atoms with Crippen LogP contribution in [0.5, 0.6) is 0 Å². The average molecular weight is 356 g/mol. The van der Waals surface area contributed by atoms with Gasteiger partial charge in [0.2, 0.25) is 5.28 Å². The van der Waals surface area contributed by atoms with Crippen molar-refractivity contribution >= 4 is 46.0 Å². The third kappa shape index (κ3) is 4.09. The number of carboxylic acids is 1. The molecule has 0 saturated carbocycles. The third-order valence-electron chi connectivity index (χ3n) is 1.97. The molecule has 0 aliphatic heterocycles. The fourth-order valence-electron chi connectivity index (χ4n) is 1.15. The van der Waals surface area contributed by atoms with Crippen molar-refractivity contribution in [2.75, 3.05) is 5.32 Å². The summed E-state index contributed by atoms with van der Waals surface area (Å²) in [6.45, 7) is 1.91. The number of anilines is 1. The number of halogens is 2. The number of rotatable bonds is 5. The summed E-state index contributed by atoms with van der Waals surface area (Å²) in [6, 6.07) is -0.156. The van der Waals surface area contributed by atoms with E-state index in [4.69, 9.17) is 16.7 Å². The number of nitrogens with zero attached hydrogens (tertiary/aromatic N) is 2. The van der Waals surface area contributed by atoms with E-state index in [0.29, 0.717) is 12.2 Å². The first-order valence-electron chi connectivity index (χ1n) is 4.69. The molecule has 0 saturated heterocycles. The van der Waals surface area contributed by atoms with E-state index in [2.05, 4.69) is 37.9 Å². The number of carboxylic acid groups (broad SMARTS) is 1. The molecule has 0 bridgehead atoms. The Morgan fingerprint density at radius 3 is 3.00 bits per heavy atom. The fraction of sp³-hybridized carbons (Fsp3) is 0.444. The monoisotopic (exact) mass is 355 g/mol. The smallest absolute Gasteiger partial charge is 0.305 e. The molecule has 0 aromatic carbocycles. The van der Waals surface area contributed by atoms with Crippen molar-refractivity contribution in [1.29, 1.82) is 0 Å². The van der Waals surface area contributed by atoms with Crippen molar-refractivity contribution < 1.29 is 9.90 Å². The van der Waals surface area contributed by atoms with Crippen LogP contribution in [0.4, 0.5) is 5.82 Å². The van der Waals surface area contributed by atoms with Crippen LogP contribution in [0.25, 0.3) is 0 Å². The molecule has 1 aromatic heterocycles. The van der Waals surface area contributed by atoms with Crippen molar-refractivity contribution in [3.8, 4) is 0 Å². The minimum atomic E-state index is -0.838. The molecule has 1 unspecified atom stereocenters. The summed E-state index contributed by atoms with van der Waals surface area (Å²) in [5.74, 6) is -0.261. The number of nitrogens with one attached hydrogen (secondary N) is 1. The summed E-state index contributed by atoms with van der Waals surface area (Å²) in [6.07, 6.45) is 2.34. The van der Waals surface area contributed by atoms with Crippen molar-refractivity contribution in [3.63, 3.8) is 0 Å². The lowest BCUT2D eigenvalue weighted by Crippen LogP contribution is -2.23. The topological polar surface area (TPSA) is 75.1 Å². The molecule has 1 heterocycles. The molecule has 2 N–H and O–H groups in total. The SMILES string of the molecule is CCC(CC(=O)O)Nc1nc(Cl)ncc1I. The minimum Gasteiger partial charge on any atom is -0.481 e. The van der Waals surface area contributed by atoms with Crippen LogP contribution >= 0.6 is 34.2 Å². The Morgan fingerprint density at radius 1 is 1.75 bits per heavy atom. The van der Waals surface area contributed by atoms with Crippen LogP contribution in [-0.2, 0) is 4.79 Å². The summed E-state index contributed by atoms with van der Waals surface area (Å²) in [4.78, 5) is 18.4. The first-order valence-corrected chi connectivity index (χ1v) is 6.15. The maximum absolute atomic E-state index is 10.6. The summed E-state index contributed by atoms with van der Waals surface area (Å²) in [7, 11) is 0. The van der Waals surface area contributed by atoms with Crippen LogP contribution in [0.15, 0.2) is 6.20 Å². The maximum atomic E-state index is 10.6. The second-order valence-corrected chi connectivity index (χ2v) is 4.68. The van der Waals surface area contributed by atoms with Crippen LogP contribution < -0.4 is 5.32 Å². The van der Waals surface area contributed by atoms with Crippen molar-refractivity contribution in [3.05, 3.63) is 15.1 Å². The predicted molar refractivity (Wildman–Crippen MR) is 69.7 cm³/mol. The molecule has 0 fully saturated rings. The maximum Gasteiger partial charge on any atom is 0.305 e. The Labute approximate surface area is 112 Å². The lowest BCUT2D eigenvalue weighted by atomic mass is 10.1. The highest BCUT2D eigenvalue weighted by Gasteiger charge is 2.13. The fourth-order valence-corrected chi connectivity index (χ4v) is 1.70. The molecule has 16 heavy (non-hydrogen) atoms. The molecule has 7 heteroatoms. The molecule has 0 radical (unpaired) electrons. The van der Waals surface area contributed by atoms with Gasteiger partial charge >= 0.3 is 5.97 Å². The highest BCUT2D eigenvalue weighted by Crippen LogP contribution is 2.18. The van der Waals surface area contributed by atoms with E-state index in [9.17, 15) is 4.79 Å². The van der Waals surface area contributed by atoms with E-state index in [0.717, 1.165) is 3.57 Å². The van der Waals surface area contributed by atoms with Gasteiger partial charge in [-0.25, -0.2) is 4.98 Å². The number of aromatic nitrogens is 2. The lowest BCUT2D eigenvalue weighted by molar-refractivity contribution is -0.137. The van der Waals surface area contributed by atoms with E-state index in [1.165, 1.54) is 0 Å². The normalized spacial score (nSPS) is 12.2. The summed E-state index contributed by atoms with van der Waals surface area (Å²) in [5.41, 5.74) is 0. The zero-order valence-corrected chi connectivity index (χ0v) is 11.5. The van der Waals surface area contributed by atoms with E-state index in [1.54, 1.807) is 6.20 Å². The van der Waals surface area contributed by atoms with Gasteiger partial charge in [0.15, 0.2) is 0 Å². The van der Waals surface area contributed by atoms with Crippen LogP contribution in [-0.4, -0.2) is 27.1 Å². The van der Waals surface area contributed by atoms with Crippen LogP contribution in [0.1, 0.15) is 19.8 Å². The molecule has 0 aliphatic carbocycles. The van der Waals surface area contributed by atoms with Gasteiger partial charge in [-0.15, -0.1) is 0 Å². The Morgan fingerprint density at radius 2 is 2.44 bits per heavy atom. The van der Waals surface area contributed by atoms with Gasteiger partial charge in [0, 0.05) is 12.2 Å². The number of hydrogen-bond acceptors (Lipinski definition) is 4. The standard InChI is InChI=1S/C9H11ClIN3O2/c1-2-5(3-7(15)16)13-8-6(11)4-12-9(10)14-8/h4-5H,2-3H2,1H3,(H,15,16)(H,12,13,14). The number of hydrogen-bond donors (Lipinski definition) is 2. The molecule has 0 spiro atoms. The van der Waals surface area contributed by atoms with Crippen molar-refractivity contribution in [2.45, 2.75) is 25.8 Å².